The summed E-state index contributed by atoms with van der Waals surface area (Å²) in [5.74, 6) is 1.77. The van der Waals surface area contributed by atoms with Gasteiger partial charge in [0.25, 0.3) is 5.91 Å². The van der Waals surface area contributed by atoms with Gasteiger partial charge in [-0.15, -0.1) is 0 Å². The summed E-state index contributed by atoms with van der Waals surface area (Å²) in [5.41, 5.74) is 0.364. The zero-order chi connectivity index (χ0) is 17.9. The maximum Gasteiger partial charge on any atom is 0.255 e. The quantitative estimate of drug-likeness (QED) is 0.832. The molecule has 6 heteroatoms. The van der Waals surface area contributed by atoms with E-state index in [9.17, 15) is 4.79 Å². The second kappa shape index (κ2) is 7.62. The molecule has 0 aromatic heterocycles. The largest absolute Gasteiger partial charge is 0.497 e. The van der Waals surface area contributed by atoms with Crippen molar-refractivity contribution in [1.29, 1.82) is 0 Å². The Morgan fingerprint density at radius 1 is 1.20 bits per heavy atom. The summed E-state index contributed by atoms with van der Waals surface area (Å²) in [6, 6.07) is 5.82. The second-order valence-corrected chi connectivity index (χ2v) is 6.91. The van der Waals surface area contributed by atoms with Crippen molar-refractivity contribution in [2.24, 2.45) is 0 Å². The predicted molar refractivity (Wildman–Crippen MR) is 95.0 cm³/mol. The highest BCUT2D eigenvalue weighted by Crippen LogP contribution is 2.31. The topological polar surface area (TPSA) is 51.2 Å². The van der Waals surface area contributed by atoms with E-state index in [1.165, 1.54) is 0 Å². The van der Waals surface area contributed by atoms with Gasteiger partial charge in [0.2, 0.25) is 0 Å². The first-order valence-corrected chi connectivity index (χ1v) is 8.91. The van der Waals surface area contributed by atoms with Crippen molar-refractivity contribution in [3.05, 3.63) is 23.8 Å². The molecule has 2 aliphatic heterocycles. The third-order valence-electron chi connectivity index (χ3n) is 5.21. The number of methoxy groups -OCH3 is 2. The molecule has 2 aliphatic rings. The number of hydrogen-bond acceptors (Lipinski definition) is 5. The highest BCUT2D eigenvalue weighted by atomic mass is 16.5. The number of carbonyl (C=O) groups excluding carboxylic acids is 1. The van der Waals surface area contributed by atoms with Crippen molar-refractivity contribution < 1.29 is 19.0 Å². The molecule has 0 saturated carbocycles. The molecule has 25 heavy (non-hydrogen) atoms. The van der Waals surface area contributed by atoms with Crippen molar-refractivity contribution in [3.63, 3.8) is 0 Å². The van der Waals surface area contributed by atoms with Crippen LogP contribution in [0.15, 0.2) is 18.2 Å². The molecule has 2 heterocycles. The van der Waals surface area contributed by atoms with Gasteiger partial charge in [-0.25, -0.2) is 0 Å². The highest BCUT2D eigenvalue weighted by molar-refractivity contribution is 5.85. The minimum Gasteiger partial charge on any atom is -0.497 e. The van der Waals surface area contributed by atoms with Crippen LogP contribution < -0.4 is 9.47 Å². The normalized spacial score (nSPS) is 25.1. The van der Waals surface area contributed by atoms with Gasteiger partial charge >= 0.3 is 0 Å². The van der Waals surface area contributed by atoms with E-state index in [0.717, 1.165) is 49.4 Å². The van der Waals surface area contributed by atoms with Crippen LogP contribution in [0.3, 0.4) is 0 Å². The van der Waals surface area contributed by atoms with E-state index < -0.39 is 5.60 Å². The molecule has 0 aliphatic carbocycles. The van der Waals surface area contributed by atoms with Crippen LogP contribution in [0.25, 0.3) is 0 Å². The minimum absolute atomic E-state index is 0.118. The number of morpholine rings is 1. The summed E-state index contributed by atoms with van der Waals surface area (Å²) in [6.07, 6.45) is 2.85. The lowest BCUT2D eigenvalue weighted by Crippen LogP contribution is -2.59. The lowest BCUT2D eigenvalue weighted by atomic mass is 9.94. The molecule has 2 saturated heterocycles. The first-order valence-electron chi connectivity index (χ1n) is 8.91. The Kier molecular flexibility index (Phi) is 5.49. The standard InChI is InChI=1S/C19H28N2O4/c1-20-9-5-4-8-19(18(20)22)14-21(10-11-25-19)13-15-12-16(23-2)6-7-17(15)24-3/h6-7,12H,4-5,8-11,13-14H2,1-3H3. The molecule has 1 atom stereocenters. The van der Waals surface area contributed by atoms with Gasteiger partial charge < -0.3 is 19.1 Å². The lowest BCUT2D eigenvalue weighted by molar-refractivity contribution is -0.169. The van der Waals surface area contributed by atoms with Gasteiger partial charge in [-0.1, -0.05) is 0 Å². The van der Waals surface area contributed by atoms with Crippen molar-refractivity contribution in [2.75, 3.05) is 47.5 Å². The van der Waals surface area contributed by atoms with Crippen LogP contribution in [0.2, 0.25) is 0 Å². The SMILES string of the molecule is COc1ccc(OC)c(CN2CCOC3(CCCCN(C)C3=O)C2)c1. The molecule has 1 unspecified atom stereocenters. The maximum atomic E-state index is 12.9. The molecule has 1 aromatic rings. The minimum atomic E-state index is -0.699. The number of likely N-dealkylation sites (N-methyl/N-ethyl adjacent to an activating group) is 1. The van der Waals surface area contributed by atoms with Crippen molar-refractivity contribution in [3.8, 4) is 11.5 Å². The second-order valence-electron chi connectivity index (χ2n) is 6.91. The van der Waals surface area contributed by atoms with Gasteiger partial charge in [0.1, 0.15) is 11.5 Å². The first kappa shape index (κ1) is 18.0. The Morgan fingerprint density at radius 2 is 2.04 bits per heavy atom. The van der Waals surface area contributed by atoms with Crippen LogP contribution in [-0.4, -0.2) is 68.8 Å². The molecular weight excluding hydrogens is 320 g/mol. The fourth-order valence-electron chi connectivity index (χ4n) is 3.83. The Bertz CT molecular complexity index is 621. The lowest BCUT2D eigenvalue weighted by Gasteiger charge is -2.42. The van der Waals surface area contributed by atoms with Gasteiger partial charge in [0, 0.05) is 38.8 Å². The van der Waals surface area contributed by atoms with Gasteiger partial charge in [-0.2, -0.15) is 0 Å². The Labute approximate surface area is 149 Å². The van der Waals surface area contributed by atoms with Gasteiger partial charge in [0.15, 0.2) is 5.60 Å². The predicted octanol–water partition coefficient (Wildman–Crippen LogP) is 1.92. The molecule has 1 aromatic carbocycles. The fourth-order valence-corrected chi connectivity index (χ4v) is 3.83. The van der Waals surface area contributed by atoms with E-state index in [1.807, 2.05) is 30.1 Å². The Hall–Kier alpha value is -1.79. The summed E-state index contributed by atoms with van der Waals surface area (Å²) >= 11 is 0. The monoisotopic (exact) mass is 348 g/mol. The Morgan fingerprint density at radius 3 is 2.80 bits per heavy atom. The molecular formula is C19H28N2O4. The molecule has 3 rings (SSSR count). The first-order chi connectivity index (χ1) is 12.1. The van der Waals surface area contributed by atoms with Crippen LogP contribution in [0.1, 0.15) is 24.8 Å². The van der Waals surface area contributed by atoms with Crippen LogP contribution >= 0.6 is 0 Å². The van der Waals surface area contributed by atoms with Crippen LogP contribution in [0.4, 0.5) is 0 Å². The summed E-state index contributed by atoms with van der Waals surface area (Å²) in [5, 5.41) is 0. The van der Waals surface area contributed by atoms with E-state index in [4.69, 9.17) is 14.2 Å². The molecule has 2 fully saturated rings. The van der Waals surface area contributed by atoms with Crippen molar-refractivity contribution in [1.82, 2.24) is 9.80 Å². The summed E-state index contributed by atoms with van der Waals surface area (Å²) < 4.78 is 16.9. The molecule has 0 N–H and O–H groups in total. The zero-order valence-corrected chi connectivity index (χ0v) is 15.4. The fraction of sp³-hybridized carbons (Fsp3) is 0.632. The van der Waals surface area contributed by atoms with Crippen molar-refractivity contribution >= 4 is 5.91 Å². The number of benzene rings is 1. The number of ether oxygens (including phenoxy) is 3. The highest BCUT2D eigenvalue weighted by Gasteiger charge is 2.45. The summed E-state index contributed by atoms with van der Waals surface area (Å²) in [6.45, 7) is 3.53. The number of likely N-dealkylation sites (tertiary alicyclic amines) is 1. The zero-order valence-electron chi connectivity index (χ0n) is 15.4. The smallest absolute Gasteiger partial charge is 0.255 e. The number of amides is 1. The van der Waals surface area contributed by atoms with Gasteiger partial charge in [-0.3, -0.25) is 9.69 Å². The van der Waals surface area contributed by atoms with Gasteiger partial charge in [0.05, 0.1) is 20.8 Å². The number of nitrogens with zero attached hydrogens (tertiary/aromatic N) is 2. The average molecular weight is 348 g/mol. The molecule has 138 valence electrons. The number of rotatable bonds is 4. The van der Waals surface area contributed by atoms with E-state index in [1.54, 1.807) is 14.2 Å². The van der Waals surface area contributed by atoms with E-state index in [-0.39, 0.29) is 5.91 Å². The number of hydrogen-bond donors (Lipinski definition) is 0. The molecule has 6 nitrogen and oxygen atoms in total. The van der Waals surface area contributed by atoms with Gasteiger partial charge in [-0.05, 0) is 37.5 Å². The van der Waals surface area contributed by atoms with Crippen molar-refractivity contribution in [2.45, 2.75) is 31.4 Å². The average Bonchev–Trinajstić information content (AvgIpc) is 2.76. The molecule has 1 spiro atoms. The third-order valence-corrected chi connectivity index (χ3v) is 5.21. The summed E-state index contributed by atoms with van der Waals surface area (Å²) in [7, 11) is 5.22. The van der Waals surface area contributed by atoms with E-state index in [0.29, 0.717) is 19.7 Å². The molecule has 0 radical (unpaired) electrons. The van der Waals surface area contributed by atoms with Crippen LogP contribution in [0.5, 0.6) is 11.5 Å². The van der Waals surface area contributed by atoms with Crippen LogP contribution in [0, 0.1) is 0 Å². The third kappa shape index (κ3) is 3.75. The van der Waals surface area contributed by atoms with E-state index in [2.05, 4.69) is 4.90 Å². The van der Waals surface area contributed by atoms with Crippen LogP contribution in [-0.2, 0) is 16.1 Å². The Balaban J connectivity index is 1.79. The number of carbonyl (C=O) groups is 1. The summed E-state index contributed by atoms with van der Waals surface area (Å²) in [4.78, 5) is 17.0. The molecule has 1 amide bonds. The molecule has 0 bridgehead atoms. The maximum absolute atomic E-state index is 12.9. The van der Waals surface area contributed by atoms with E-state index >= 15 is 0 Å².